The van der Waals surface area contributed by atoms with Gasteiger partial charge >= 0.3 is 0 Å². The van der Waals surface area contributed by atoms with Crippen LogP contribution in [-0.2, 0) is 10.0 Å². The number of sulfonamides is 1. The molecule has 4 rings (SSSR count). The Morgan fingerprint density at radius 3 is 2.59 bits per heavy atom. The zero-order valence-corrected chi connectivity index (χ0v) is 16.4. The molecule has 0 aromatic carbocycles. The number of aromatic nitrogens is 3. The minimum atomic E-state index is -3.47. The lowest BCUT2D eigenvalue weighted by atomic mass is 9.97. The fourth-order valence-corrected chi connectivity index (χ4v) is 5.17. The molecule has 4 heterocycles. The molecule has 146 valence electrons. The highest BCUT2D eigenvalue weighted by Crippen LogP contribution is 2.28. The fraction of sp³-hybridized carbons (Fsp3) is 0.556. The van der Waals surface area contributed by atoms with Gasteiger partial charge in [-0.3, -0.25) is 0 Å². The largest absolute Gasteiger partial charge is 0.356 e. The molecule has 0 saturated carbocycles. The van der Waals surface area contributed by atoms with E-state index in [0.717, 1.165) is 50.7 Å². The van der Waals surface area contributed by atoms with Crippen molar-refractivity contribution in [3.8, 4) is 0 Å². The van der Waals surface area contributed by atoms with Crippen LogP contribution in [0.1, 0.15) is 24.6 Å². The molecule has 9 heteroatoms. The van der Waals surface area contributed by atoms with Crippen molar-refractivity contribution < 1.29 is 8.42 Å². The van der Waals surface area contributed by atoms with Crippen LogP contribution in [-0.4, -0.2) is 78.9 Å². The molecule has 8 nitrogen and oxygen atoms in total. The maximum absolute atomic E-state index is 12.8. The number of anilines is 1. The van der Waals surface area contributed by atoms with Crippen LogP contribution in [0.5, 0.6) is 0 Å². The SMILES string of the molecule is CN1CCN(S(=O)(=O)c2ccc(N3CCCC(c4ncc[nH]4)C3)nc2)CC1. The topological polar surface area (TPSA) is 85.4 Å². The van der Waals surface area contributed by atoms with Crippen molar-refractivity contribution >= 4 is 15.8 Å². The molecule has 2 aliphatic rings. The summed E-state index contributed by atoms with van der Waals surface area (Å²) in [5, 5.41) is 0. The van der Waals surface area contributed by atoms with E-state index in [4.69, 9.17) is 0 Å². The highest BCUT2D eigenvalue weighted by Gasteiger charge is 2.28. The monoisotopic (exact) mass is 390 g/mol. The van der Waals surface area contributed by atoms with Crippen LogP contribution in [0, 0.1) is 0 Å². The van der Waals surface area contributed by atoms with Gasteiger partial charge < -0.3 is 14.8 Å². The maximum atomic E-state index is 12.8. The average molecular weight is 391 g/mol. The molecule has 2 fully saturated rings. The number of H-pyrrole nitrogens is 1. The number of pyridine rings is 1. The van der Waals surface area contributed by atoms with E-state index < -0.39 is 10.0 Å². The second-order valence-corrected chi connectivity index (χ2v) is 9.26. The van der Waals surface area contributed by atoms with Crippen molar-refractivity contribution in [2.45, 2.75) is 23.7 Å². The van der Waals surface area contributed by atoms with E-state index in [1.807, 2.05) is 19.3 Å². The number of hydrogen-bond acceptors (Lipinski definition) is 6. The van der Waals surface area contributed by atoms with E-state index in [0.29, 0.717) is 19.0 Å². The maximum Gasteiger partial charge on any atom is 0.244 e. The first kappa shape index (κ1) is 18.4. The van der Waals surface area contributed by atoms with Crippen LogP contribution >= 0.6 is 0 Å². The van der Waals surface area contributed by atoms with Gasteiger partial charge in [0.05, 0.1) is 0 Å². The summed E-state index contributed by atoms with van der Waals surface area (Å²) in [7, 11) is -1.46. The van der Waals surface area contributed by atoms with Crippen LogP contribution in [0.2, 0.25) is 0 Å². The normalized spacial score (nSPS) is 22.9. The molecular formula is C18H26N6O2S. The number of likely N-dealkylation sites (N-methyl/N-ethyl adjacent to an activating group) is 1. The third kappa shape index (κ3) is 3.85. The molecule has 0 bridgehead atoms. The predicted octanol–water partition coefficient (Wildman–Crippen LogP) is 1.12. The Labute approximate surface area is 160 Å². The number of aromatic amines is 1. The fourth-order valence-electron chi connectivity index (χ4n) is 3.80. The molecule has 1 N–H and O–H groups in total. The van der Waals surface area contributed by atoms with E-state index in [-0.39, 0.29) is 4.90 Å². The van der Waals surface area contributed by atoms with Crippen molar-refractivity contribution in [2.75, 3.05) is 51.2 Å². The molecule has 2 saturated heterocycles. The number of hydrogen-bond donors (Lipinski definition) is 1. The summed E-state index contributed by atoms with van der Waals surface area (Å²) in [4.78, 5) is 16.7. The quantitative estimate of drug-likeness (QED) is 0.842. The lowest BCUT2D eigenvalue weighted by Crippen LogP contribution is -2.47. The van der Waals surface area contributed by atoms with Crippen LogP contribution in [0.3, 0.4) is 0 Å². The smallest absolute Gasteiger partial charge is 0.244 e. The van der Waals surface area contributed by atoms with Gasteiger partial charge in [0.1, 0.15) is 16.5 Å². The zero-order valence-electron chi connectivity index (χ0n) is 15.6. The summed E-state index contributed by atoms with van der Waals surface area (Å²) in [6.07, 6.45) is 7.29. The second-order valence-electron chi connectivity index (χ2n) is 7.32. The third-order valence-electron chi connectivity index (χ3n) is 5.47. The van der Waals surface area contributed by atoms with Gasteiger partial charge in [-0.15, -0.1) is 0 Å². The third-order valence-corrected chi connectivity index (χ3v) is 7.35. The first-order valence-corrected chi connectivity index (χ1v) is 10.9. The molecule has 0 spiro atoms. The van der Waals surface area contributed by atoms with E-state index in [9.17, 15) is 8.42 Å². The Kier molecular flexibility index (Phi) is 5.16. The van der Waals surface area contributed by atoms with Gasteiger partial charge in [-0.25, -0.2) is 18.4 Å². The minimum absolute atomic E-state index is 0.274. The van der Waals surface area contributed by atoms with Gasteiger partial charge in [-0.2, -0.15) is 4.31 Å². The van der Waals surface area contributed by atoms with Crippen molar-refractivity contribution in [3.05, 3.63) is 36.5 Å². The molecule has 2 aliphatic heterocycles. The van der Waals surface area contributed by atoms with E-state index in [2.05, 4.69) is 24.8 Å². The van der Waals surface area contributed by atoms with Gasteiger partial charge in [-0.05, 0) is 32.0 Å². The number of piperazine rings is 1. The summed E-state index contributed by atoms with van der Waals surface area (Å²) < 4.78 is 27.2. The van der Waals surface area contributed by atoms with Crippen molar-refractivity contribution in [3.63, 3.8) is 0 Å². The van der Waals surface area contributed by atoms with Crippen LogP contribution in [0.4, 0.5) is 5.82 Å². The summed E-state index contributed by atoms with van der Waals surface area (Å²) in [6.45, 7) is 4.33. The van der Waals surface area contributed by atoms with Gasteiger partial charge in [0.15, 0.2) is 0 Å². The number of piperidine rings is 1. The van der Waals surface area contributed by atoms with Crippen LogP contribution < -0.4 is 4.90 Å². The Hall–Kier alpha value is -1.97. The highest BCUT2D eigenvalue weighted by molar-refractivity contribution is 7.89. The lowest BCUT2D eigenvalue weighted by Gasteiger charge is -2.33. The second kappa shape index (κ2) is 7.57. The molecule has 1 unspecified atom stereocenters. The number of nitrogens with one attached hydrogen (secondary N) is 1. The first-order valence-electron chi connectivity index (χ1n) is 9.43. The van der Waals surface area contributed by atoms with E-state index in [1.54, 1.807) is 16.6 Å². The average Bonchev–Trinajstić information content (AvgIpc) is 3.23. The predicted molar refractivity (Wildman–Crippen MR) is 103 cm³/mol. The molecule has 0 aliphatic carbocycles. The molecule has 1 atom stereocenters. The van der Waals surface area contributed by atoms with Gasteiger partial charge in [0, 0.05) is 63.8 Å². The van der Waals surface area contributed by atoms with Crippen LogP contribution in [0.25, 0.3) is 0 Å². The Balaban J connectivity index is 1.47. The lowest BCUT2D eigenvalue weighted by molar-refractivity contribution is 0.222. The Morgan fingerprint density at radius 2 is 1.93 bits per heavy atom. The summed E-state index contributed by atoms with van der Waals surface area (Å²) >= 11 is 0. The number of nitrogens with zero attached hydrogens (tertiary/aromatic N) is 5. The summed E-state index contributed by atoms with van der Waals surface area (Å²) in [5.74, 6) is 2.18. The molecule has 0 amide bonds. The molecular weight excluding hydrogens is 364 g/mol. The van der Waals surface area contributed by atoms with E-state index >= 15 is 0 Å². The van der Waals surface area contributed by atoms with Crippen molar-refractivity contribution in [1.82, 2.24) is 24.2 Å². The number of rotatable bonds is 4. The summed E-state index contributed by atoms with van der Waals surface area (Å²) in [6, 6.07) is 3.51. The van der Waals surface area contributed by atoms with Gasteiger partial charge in [0.2, 0.25) is 10.0 Å². The molecule has 2 aromatic rings. The summed E-state index contributed by atoms with van der Waals surface area (Å²) in [5.41, 5.74) is 0. The highest BCUT2D eigenvalue weighted by atomic mass is 32.2. The molecule has 2 aromatic heterocycles. The standard InChI is InChI=1S/C18H26N6O2S/c1-22-9-11-24(12-10-22)27(25,26)16-4-5-17(21-13-16)23-8-2-3-15(14-23)18-19-6-7-20-18/h4-7,13,15H,2-3,8-12,14H2,1H3,(H,19,20). The minimum Gasteiger partial charge on any atom is -0.356 e. The zero-order chi connectivity index (χ0) is 18.9. The molecule has 0 radical (unpaired) electrons. The van der Waals surface area contributed by atoms with Crippen LogP contribution in [0.15, 0.2) is 35.6 Å². The first-order chi connectivity index (χ1) is 13.0. The Bertz CT molecular complexity index is 844. The van der Waals surface area contributed by atoms with Gasteiger partial charge in [-0.1, -0.05) is 0 Å². The van der Waals surface area contributed by atoms with E-state index in [1.165, 1.54) is 6.20 Å². The van der Waals surface area contributed by atoms with Crippen molar-refractivity contribution in [1.29, 1.82) is 0 Å². The van der Waals surface area contributed by atoms with Gasteiger partial charge in [0.25, 0.3) is 0 Å². The van der Waals surface area contributed by atoms with Crippen molar-refractivity contribution in [2.24, 2.45) is 0 Å². The number of imidazole rings is 1. The molecule has 27 heavy (non-hydrogen) atoms. The Morgan fingerprint density at radius 1 is 1.11 bits per heavy atom.